The molecule has 0 aromatic heterocycles. The van der Waals surface area contributed by atoms with Crippen molar-refractivity contribution >= 4 is 53.9 Å². The first-order valence-electron chi connectivity index (χ1n) is 15.1. The van der Waals surface area contributed by atoms with Crippen LogP contribution in [0.25, 0.3) is 53.9 Å². The molecular weight excluding hydrogens is 444 g/mol. The van der Waals surface area contributed by atoms with Gasteiger partial charge in [-0.3, -0.25) is 0 Å². The van der Waals surface area contributed by atoms with Crippen LogP contribution in [-0.2, 0) is 25.7 Å². The lowest BCUT2D eigenvalue weighted by molar-refractivity contribution is 0.797. The van der Waals surface area contributed by atoms with Crippen molar-refractivity contribution in [3.05, 3.63) is 70.8 Å². The molecule has 6 aromatic carbocycles. The molecule has 0 atom stereocenters. The van der Waals surface area contributed by atoms with Gasteiger partial charge in [0.25, 0.3) is 0 Å². The minimum atomic E-state index is 1.15. The molecule has 6 rings (SSSR count). The molecule has 0 fully saturated rings. The number of unbranched alkanes of at least 4 members (excludes halogenated alkanes) is 3. The van der Waals surface area contributed by atoms with Crippen LogP contribution in [0.3, 0.4) is 0 Å². The first-order chi connectivity index (χ1) is 18.2. The molecule has 6 aromatic rings. The number of aryl methyl sites for hydroxylation is 4. The predicted octanol–water partition coefficient (Wildman–Crippen LogP) is 11.3. The Morgan fingerprint density at radius 2 is 0.838 bits per heavy atom. The second kappa shape index (κ2) is 10.1. The van der Waals surface area contributed by atoms with Crippen molar-refractivity contribution in [2.24, 2.45) is 0 Å². The van der Waals surface area contributed by atoms with Crippen molar-refractivity contribution in [2.45, 2.75) is 98.3 Å². The van der Waals surface area contributed by atoms with Gasteiger partial charge in [0.2, 0.25) is 0 Å². The van der Waals surface area contributed by atoms with Crippen molar-refractivity contribution in [2.75, 3.05) is 0 Å². The Hall–Kier alpha value is -2.86. The van der Waals surface area contributed by atoms with Crippen LogP contribution in [0.5, 0.6) is 0 Å². The second-order valence-corrected chi connectivity index (χ2v) is 11.4. The van der Waals surface area contributed by atoms with Crippen LogP contribution in [-0.4, -0.2) is 0 Å². The summed E-state index contributed by atoms with van der Waals surface area (Å²) in [4.78, 5) is 0. The van der Waals surface area contributed by atoms with E-state index in [0.717, 1.165) is 6.42 Å². The third-order valence-corrected chi connectivity index (χ3v) is 8.93. The molecule has 0 heteroatoms. The molecule has 0 nitrogen and oxygen atoms in total. The Morgan fingerprint density at radius 3 is 1.30 bits per heavy atom. The highest BCUT2D eigenvalue weighted by Gasteiger charge is 2.24. The van der Waals surface area contributed by atoms with E-state index >= 15 is 0 Å². The van der Waals surface area contributed by atoms with Gasteiger partial charge in [0.05, 0.1) is 0 Å². The van der Waals surface area contributed by atoms with Crippen molar-refractivity contribution in [3.8, 4) is 0 Å². The first kappa shape index (κ1) is 24.5. The van der Waals surface area contributed by atoms with Gasteiger partial charge in [-0.15, -0.1) is 0 Å². The maximum absolute atomic E-state index is 2.62. The lowest BCUT2D eigenvalue weighted by Gasteiger charge is -2.25. The topological polar surface area (TPSA) is 0 Å². The summed E-state index contributed by atoms with van der Waals surface area (Å²) in [5, 5.41) is 15.3. The normalized spacial score (nSPS) is 12.4. The van der Waals surface area contributed by atoms with Crippen LogP contribution in [0.2, 0.25) is 0 Å². The zero-order valence-electron chi connectivity index (χ0n) is 23.4. The summed E-state index contributed by atoms with van der Waals surface area (Å²) in [5.74, 6) is 0. The fourth-order valence-electron chi connectivity index (χ4n) is 7.18. The molecule has 0 saturated heterocycles. The molecule has 0 N–H and O–H groups in total. The summed E-state index contributed by atoms with van der Waals surface area (Å²) in [6.45, 7) is 9.31. The van der Waals surface area contributed by atoms with E-state index in [0.29, 0.717) is 0 Å². The monoisotopic (exact) mass is 486 g/mol. The number of hydrogen-bond donors (Lipinski definition) is 0. The maximum atomic E-state index is 2.62. The third kappa shape index (κ3) is 3.79. The molecule has 0 aliphatic rings. The van der Waals surface area contributed by atoms with Crippen LogP contribution in [0.4, 0.5) is 0 Å². The SMILES string of the molecule is CCCCc1cc2c(CCCC)c3cccc4c(CCC)cc5c(CCCC)c6cccc1c6c2c5c43. The Morgan fingerprint density at radius 1 is 0.405 bits per heavy atom. The van der Waals surface area contributed by atoms with E-state index in [-0.39, 0.29) is 0 Å². The first-order valence-corrected chi connectivity index (χ1v) is 15.1. The average Bonchev–Trinajstić information content (AvgIpc) is 2.93. The summed E-state index contributed by atoms with van der Waals surface area (Å²) in [5.41, 5.74) is 6.30. The van der Waals surface area contributed by atoms with Crippen LogP contribution < -0.4 is 0 Å². The molecule has 190 valence electrons. The molecule has 0 amide bonds. The molecule has 0 heterocycles. The highest BCUT2D eigenvalue weighted by molar-refractivity contribution is 6.38. The fourth-order valence-corrected chi connectivity index (χ4v) is 7.18. The van der Waals surface area contributed by atoms with Gasteiger partial charge in [0.15, 0.2) is 0 Å². The summed E-state index contributed by atoms with van der Waals surface area (Å²) in [6.07, 6.45) is 13.3. The van der Waals surface area contributed by atoms with E-state index in [9.17, 15) is 0 Å². The van der Waals surface area contributed by atoms with E-state index in [1.165, 1.54) is 91.1 Å². The molecule has 0 unspecified atom stereocenters. The van der Waals surface area contributed by atoms with Gasteiger partial charge in [-0.05, 0) is 121 Å². The molecule has 0 bridgehead atoms. The summed E-state index contributed by atoms with van der Waals surface area (Å²) in [7, 11) is 0. The molecule has 0 aliphatic carbocycles. The van der Waals surface area contributed by atoms with Gasteiger partial charge in [-0.2, -0.15) is 0 Å². The molecule has 0 radical (unpaired) electrons. The van der Waals surface area contributed by atoms with Crippen LogP contribution in [0.15, 0.2) is 48.5 Å². The average molecular weight is 487 g/mol. The second-order valence-electron chi connectivity index (χ2n) is 11.4. The molecule has 37 heavy (non-hydrogen) atoms. The maximum Gasteiger partial charge on any atom is -0.00109 e. The Kier molecular flexibility index (Phi) is 6.70. The van der Waals surface area contributed by atoms with Gasteiger partial charge >= 0.3 is 0 Å². The summed E-state index contributed by atoms with van der Waals surface area (Å²) >= 11 is 0. The Bertz CT molecular complexity index is 1680. The number of hydrogen-bond acceptors (Lipinski definition) is 0. The van der Waals surface area contributed by atoms with Crippen molar-refractivity contribution < 1.29 is 0 Å². The van der Waals surface area contributed by atoms with Gasteiger partial charge in [0, 0.05) is 0 Å². The smallest absolute Gasteiger partial charge is 0.00109 e. The Labute approximate surface area is 222 Å². The third-order valence-electron chi connectivity index (χ3n) is 8.93. The van der Waals surface area contributed by atoms with Gasteiger partial charge in [0.1, 0.15) is 0 Å². The minimum Gasteiger partial charge on any atom is -0.0654 e. The minimum absolute atomic E-state index is 1.15. The lowest BCUT2D eigenvalue weighted by Crippen LogP contribution is -2.02. The predicted molar refractivity (Wildman–Crippen MR) is 166 cm³/mol. The highest BCUT2D eigenvalue weighted by atomic mass is 14.3. The van der Waals surface area contributed by atoms with Crippen LogP contribution >= 0.6 is 0 Å². The number of rotatable bonds is 11. The van der Waals surface area contributed by atoms with Crippen LogP contribution in [0.1, 0.15) is 94.9 Å². The fraction of sp³-hybridized carbons (Fsp3) is 0.405. The zero-order valence-corrected chi connectivity index (χ0v) is 23.4. The molecular formula is C37H42. The highest BCUT2D eigenvalue weighted by Crippen LogP contribution is 2.49. The summed E-state index contributed by atoms with van der Waals surface area (Å²) in [6, 6.07) is 19.6. The van der Waals surface area contributed by atoms with Crippen LogP contribution in [0, 0.1) is 0 Å². The van der Waals surface area contributed by atoms with E-state index in [1.807, 2.05) is 0 Å². The zero-order chi connectivity index (χ0) is 25.5. The van der Waals surface area contributed by atoms with Gasteiger partial charge in [-0.25, -0.2) is 0 Å². The summed E-state index contributed by atoms with van der Waals surface area (Å²) < 4.78 is 0. The van der Waals surface area contributed by atoms with E-state index in [2.05, 4.69) is 76.2 Å². The van der Waals surface area contributed by atoms with Gasteiger partial charge < -0.3 is 0 Å². The Balaban J connectivity index is 1.90. The molecule has 0 saturated carbocycles. The van der Waals surface area contributed by atoms with E-state index in [4.69, 9.17) is 0 Å². The van der Waals surface area contributed by atoms with E-state index in [1.54, 1.807) is 49.2 Å². The van der Waals surface area contributed by atoms with Crippen molar-refractivity contribution in [1.29, 1.82) is 0 Å². The quantitative estimate of drug-likeness (QED) is 0.126. The lowest BCUT2D eigenvalue weighted by atomic mass is 9.78. The van der Waals surface area contributed by atoms with Gasteiger partial charge in [-0.1, -0.05) is 102 Å². The largest absolute Gasteiger partial charge is 0.0654 e. The molecule has 0 spiro atoms. The van der Waals surface area contributed by atoms with Crippen molar-refractivity contribution in [3.63, 3.8) is 0 Å². The van der Waals surface area contributed by atoms with E-state index < -0.39 is 0 Å². The number of benzene rings is 6. The standard InChI is InChI=1S/C37H42/c1-5-9-15-25-23-33-29(17-11-7-3)30-20-12-18-26-24(14-8-4)22-32-28(16-10-6-2)31-21-13-19-27(25)35(31)37(33)36(32)34(26)30/h12-13,18-23H,5-11,14-17H2,1-4H3. The van der Waals surface area contributed by atoms with Crippen molar-refractivity contribution in [1.82, 2.24) is 0 Å². The molecule has 0 aliphatic heterocycles.